The van der Waals surface area contributed by atoms with E-state index in [-0.39, 0.29) is 5.91 Å². The fourth-order valence-electron chi connectivity index (χ4n) is 4.03. The number of nitrogens with zero attached hydrogens (tertiary/aromatic N) is 4. The van der Waals surface area contributed by atoms with Gasteiger partial charge in [-0.2, -0.15) is 0 Å². The van der Waals surface area contributed by atoms with Crippen molar-refractivity contribution in [3.05, 3.63) is 6.33 Å². The molecule has 6 heteroatoms. The number of thioether (sulfide) groups is 1. The van der Waals surface area contributed by atoms with Crippen molar-refractivity contribution in [3.8, 4) is 0 Å². The van der Waals surface area contributed by atoms with Gasteiger partial charge >= 0.3 is 0 Å². The van der Waals surface area contributed by atoms with E-state index in [2.05, 4.69) is 35.9 Å². The Morgan fingerprint density at radius 1 is 1.41 bits per heavy atom. The minimum absolute atomic E-state index is 0.269. The molecule has 3 atom stereocenters. The van der Waals surface area contributed by atoms with Crippen molar-refractivity contribution >= 4 is 17.7 Å². The number of carbonyl (C=O) groups excluding carboxylic acids is 1. The molecule has 0 aromatic carbocycles. The highest BCUT2D eigenvalue weighted by Gasteiger charge is 2.42. The van der Waals surface area contributed by atoms with Gasteiger partial charge in [-0.05, 0) is 46.0 Å². The zero-order valence-electron chi connectivity index (χ0n) is 13.7. The average molecular weight is 322 g/mol. The van der Waals surface area contributed by atoms with Crippen molar-refractivity contribution in [1.29, 1.82) is 0 Å². The lowest BCUT2D eigenvalue weighted by molar-refractivity contribution is -0.131. The van der Waals surface area contributed by atoms with Crippen LogP contribution in [0.3, 0.4) is 0 Å². The van der Waals surface area contributed by atoms with E-state index in [1.165, 1.54) is 43.9 Å². The van der Waals surface area contributed by atoms with Gasteiger partial charge in [-0.1, -0.05) is 24.6 Å². The molecule has 0 radical (unpaired) electrons. The molecule has 1 aromatic rings. The van der Waals surface area contributed by atoms with Crippen LogP contribution in [0.15, 0.2) is 11.5 Å². The molecule has 1 aliphatic carbocycles. The topological polar surface area (TPSA) is 51.0 Å². The predicted octanol–water partition coefficient (Wildman–Crippen LogP) is 3.13. The lowest BCUT2D eigenvalue weighted by Crippen LogP contribution is -2.43. The Balaban J connectivity index is 1.63. The second-order valence-electron chi connectivity index (χ2n) is 6.90. The van der Waals surface area contributed by atoms with Crippen LogP contribution in [0.25, 0.3) is 0 Å². The maximum absolute atomic E-state index is 12.7. The molecule has 5 nitrogen and oxygen atoms in total. The van der Waals surface area contributed by atoms with E-state index < -0.39 is 0 Å². The first-order valence-corrected chi connectivity index (χ1v) is 9.40. The summed E-state index contributed by atoms with van der Waals surface area (Å²) in [6.45, 7) is 6.41. The maximum atomic E-state index is 12.7. The first-order chi connectivity index (χ1) is 10.6. The van der Waals surface area contributed by atoms with Crippen molar-refractivity contribution in [2.24, 2.45) is 5.92 Å². The quantitative estimate of drug-likeness (QED) is 0.799. The number of carbonyl (C=O) groups is 1. The second kappa shape index (κ2) is 6.60. The predicted molar refractivity (Wildman–Crippen MR) is 87.8 cm³/mol. The highest BCUT2D eigenvalue weighted by molar-refractivity contribution is 7.99. The van der Waals surface area contributed by atoms with E-state index in [0.29, 0.717) is 23.9 Å². The Labute approximate surface area is 136 Å². The molecule has 22 heavy (non-hydrogen) atoms. The van der Waals surface area contributed by atoms with Crippen LogP contribution >= 0.6 is 11.8 Å². The Morgan fingerprint density at radius 2 is 2.18 bits per heavy atom. The van der Waals surface area contributed by atoms with Crippen LogP contribution < -0.4 is 0 Å². The number of rotatable bonds is 4. The van der Waals surface area contributed by atoms with Crippen LogP contribution in [-0.2, 0) is 4.79 Å². The van der Waals surface area contributed by atoms with Gasteiger partial charge in [0.1, 0.15) is 6.33 Å². The first-order valence-electron chi connectivity index (χ1n) is 8.41. The molecule has 2 aliphatic rings. The smallest absolute Gasteiger partial charge is 0.233 e. The third-order valence-corrected chi connectivity index (χ3v) is 6.00. The fraction of sp³-hybridized carbons (Fsp3) is 0.812. The van der Waals surface area contributed by atoms with Crippen LogP contribution in [0.5, 0.6) is 0 Å². The summed E-state index contributed by atoms with van der Waals surface area (Å²) in [4.78, 5) is 14.9. The van der Waals surface area contributed by atoms with Gasteiger partial charge in [-0.3, -0.25) is 4.79 Å². The highest BCUT2D eigenvalue weighted by Crippen LogP contribution is 2.39. The van der Waals surface area contributed by atoms with Crippen molar-refractivity contribution in [2.45, 2.75) is 76.2 Å². The van der Waals surface area contributed by atoms with Crippen LogP contribution in [0.4, 0.5) is 0 Å². The van der Waals surface area contributed by atoms with Gasteiger partial charge in [0, 0.05) is 18.1 Å². The van der Waals surface area contributed by atoms with E-state index in [9.17, 15) is 4.79 Å². The normalized spacial score (nSPS) is 28.2. The third-order valence-electron chi connectivity index (χ3n) is 5.05. The van der Waals surface area contributed by atoms with Gasteiger partial charge in [-0.25, -0.2) is 0 Å². The summed E-state index contributed by atoms with van der Waals surface area (Å²) in [6, 6.07) is 1.20. The molecule has 0 N–H and O–H groups in total. The van der Waals surface area contributed by atoms with Crippen molar-refractivity contribution in [1.82, 2.24) is 19.7 Å². The summed E-state index contributed by atoms with van der Waals surface area (Å²) in [5.74, 6) is 1.47. The molecule has 0 unspecified atom stereocenters. The van der Waals surface area contributed by atoms with Gasteiger partial charge in [0.25, 0.3) is 0 Å². The number of hydrogen-bond donors (Lipinski definition) is 0. The Hall–Kier alpha value is -1.04. The third kappa shape index (κ3) is 3.03. The Morgan fingerprint density at radius 3 is 2.95 bits per heavy atom. The summed E-state index contributed by atoms with van der Waals surface area (Å²) in [5.41, 5.74) is 0. The molecule has 2 heterocycles. The lowest BCUT2D eigenvalue weighted by atomic mass is 9.85. The maximum Gasteiger partial charge on any atom is 0.233 e. The zero-order chi connectivity index (χ0) is 15.7. The van der Waals surface area contributed by atoms with Crippen LogP contribution in [0.2, 0.25) is 0 Å². The molecular weight excluding hydrogens is 296 g/mol. The monoisotopic (exact) mass is 322 g/mol. The molecule has 122 valence electrons. The van der Waals surface area contributed by atoms with Crippen LogP contribution in [0.1, 0.15) is 58.9 Å². The molecule has 1 aliphatic heterocycles. The molecule has 0 spiro atoms. The van der Waals surface area contributed by atoms with Gasteiger partial charge in [0.05, 0.1) is 5.75 Å². The van der Waals surface area contributed by atoms with Crippen molar-refractivity contribution in [3.63, 3.8) is 0 Å². The van der Waals surface area contributed by atoms with Gasteiger partial charge < -0.3 is 9.47 Å². The number of fused-ring (bicyclic) bond motifs is 1. The van der Waals surface area contributed by atoms with Crippen LogP contribution in [-0.4, -0.2) is 43.4 Å². The van der Waals surface area contributed by atoms with E-state index >= 15 is 0 Å². The summed E-state index contributed by atoms with van der Waals surface area (Å²) >= 11 is 1.52. The molecule has 1 amide bonds. The SMILES string of the molecule is CC(C)n1cnnc1SCC(=O)N1[C@H](C)C[C@H]2CCCC[C@@H]21. The number of aromatic nitrogens is 3. The second-order valence-corrected chi connectivity index (χ2v) is 7.84. The summed E-state index contributed by atoms with van der Waals surface area (Å²) < 4.78 is 2.02. The van der Waals surface area contributed by atoms with Crippen molar-refractivity contribution in [2.75, 3.05) is 5.75 Å². The largest absolute Gasteiger partial charge is 0.336 e. The Kier molecular flexibility index (Phi) is 4.76. The summed E-state index contributed by atoms with van der Waals surface area (Å²) in [7, 11) is 0. The van der Waals surface area contributed by atoms with E-state index in [4.69, 9.17) is 0 Å². The summed E-state index contributed by atoms with van der Waals surface area (Å²) in [6.07, 6.45) is 8.02. The standard InChI is InChI=1S/C16H26N4OS/c1-11(2)19-10-17-18-16(19)22-9-15(21)20-12(3)8-13-6-4-5-7-14(13)20/h10-14H,4-9H2,1-3H3/t12-,13-,14+/m1/s1. The fourth-order valence-corrected chi connectivity index (χ4v) is 4.94. The van der Waals surface area contributed by atoms with Gasteiger partial charge in [0.15, 0.2) is 5.16 Å². The zero-order valence-corrected chi connectivity index (χ0v) is 14.6. The number of hydrogen-bond acceptors (Lipinski definition) is 4. The summed E-state index contributed by atoms with van der Waals surface area (Å²) in [5, 5.41) is 8.95. The lowest BCUT2D eigenvalue weighted by Gasteiger charge is -2.33. The number of amides is 1. The molecule has 1 aromatic heterocycles. The molecule has 2 fully saturated rings. The highest BCUT2D eigenvalue weighted by atomic mass is 32.2. The van der Waals surface area contributed by atoms with E-state index in [1.807, 2.05) is 4.57 Å². The first kappa shape index (κ1) is 15.8. The van der Waals surface area contributed by atoms with Crippen molar-refractivity contribution < 1.29 is 4.79 Å². The van der Waals surface area contributed by atoms with E-state index in [1.54, 1.807) is 6.33 Å². The van der Waals surface area contributed by atoms with Gasteiger partial charge in [0.2, 0.25) is 5.91 Å². The molecular formula is C16H26N4OS. The molecule has 1 saturated heterocycles. The van der Waals surface area contributed by atoms with Crippen LogP contribution in [0, 0.1) is 5.92 Å². The molecule has 3 rings (SSSR count). The molecule has 0 bridgehead atoms. The average Bonchev–Trinajstić information content (AvgIpc) is 3.07. The Bertz CT molecular complexity index is 530. The minimum Gasteiger partial charge on any atom is -0.336 e. The minimum atomic E-state index is 0.269. The number of likely N-dealkylation sites (tertiary alicyclic amines) is 1. The van der Waals surface area contributed by atoms with E-state index in [0.717, 1.165) is 11.1 Å². The molecule has 1 saturated carbocycles. The van der Waals surface area contributed by atoms with Gasteiger partial charge in [-0.15, -0.1) is 10.2 Å².